The zero-order chi connectivity index (χ0) is 33.1. The minimum Gasteiger partial charge on any atom is -0.454 e. The van der Waals surface area contributed by atoms with Crippen LogP contribution in [0.3, 0.4) is 0 Å². The lowest BCUT2D eigenvalue weighted by Crippen LogP contribution is -2.02. The summed E-state index contributed by atoms with van der Waals surface area (Å²) in [5.74, 6) is 0. The third-order valence-corrected chi connectivity index (χ3v) is 10.2. The van der Waals surface area contributed by atoms with Crippen LogP contribution in [0.5, 0.6) is 0 Å². The van der Waals surface area contributed by atoms with Crippen molar-refractivity contribution in [2.75, 3.05) is 0 Å². The Labute approximate surface area is 283 Å². The van der Waals surface area contributed by atoms with Gasteiger partial charge in [0.15, 0.2) is 11.2 Å². The second kappa shape index (κ2) is 9.64. The highest BCUT2D eigenvalue weighted by atomic mass is 16.3. The number of fused-ring (bicyclic) bond motifs is 14. The van der Waals surface area contributed by atoms with Crippen LogP contribution in [-0.2, 0) is 0 Å². The maximum Gasteiger partial charge on any atom is 0.212 e. The zero-order valence-corrected chi connectivity index (χ0v) is 26.3. The van der Waals surface area contributed by atoms with E-state index in [4.69, 9.17) is 15.4 Å². The molecule has 0 amide bonds. The van der Waals surface area contributed by atoms with Gasteiger partial charge in [-0.2, -0.15) is 5.26 Å². The molecule has 0 unspecified atom stereocenters. The normalized spacial score (nSPS) is 12.0. The van der Waals surface area contributed by atoms with Gasteiger partial charge in [-0.15, -0.1) is 0 Å². The average molecular weight is 639 g/mol. The molecule has 230 valence electrons. The van der Waals surface area contributed by atoms with Crippen LogP contribution >= 0.6 is 0 Å². The molecule has 0 N–H and O–H groups in total. The summed E-state index contributed by atoms with van der Waals surface area (Å²) in [5.41, 5.74) is 8.76. The van der Waals surface area contributed by atoms with Crippen molar-refractivity contribution in [1.82, 2.24) is 9.13 Å². The van der Waals surface area contributed by atoms with Crippen molar-refractivity contribution >= 4 is 93.2 Å². The van der Waals surface area contributed by atoms with E-state index in [2.05, 4.69) is 80.7 Å². The molecule has 0 aliphatic heterocycles. The summed E-state index contributed by atoms with van der Waals surface area (Å²) in [5, 5.41) is 19.0. The van der Waals surface area contributed by atoms with Crippen LogP contribution in [-0.4, -0.2) is 9.13 Å². The number of hydrogen-bond donors (Lipinski definition) is 0. The minimum absolute atomic E-state index is 0.414. The molecule has 11 aromatic rings. The third kappa shape index (κ3) is 3.34. The van der Waals surface area contributed by atoms with Gasteiger partial charge in [0, 0.05) is 43.1 Å². The highest BCUT2D eigenvalue weighted by Gasteiger charge is 2.25. The Morgan fingerprint density at radius 2 is 0.960 bits per heavy atom. The molecule has 6 nitrogen and oxygen atoms in total. The average Bonchev–Trinajstić information content (AvgIpc) is 3.92. The standard InChI is InChI=1S/C44H22N4O2/c1-46-34-23-37(47-35-14-6-2-10-26(35)30-18-20-32-28-12-4-8-16-39(28)49-43(32)41(30)47)25(24-45)22-38(34)48-36-15-7-3-11-27(36)31-19-21-33-29-13-5-9-17-40(29)50-44(33)42(31)48/h2-23H. The van der Waals surface area contributed by atoms with Gasteiger partial charge in [-0.3, -0.25) is 0 Å². The molecule has 0 aliphatic carbocycles. The van der Waals surface area contributed by atoms with E-state index in [-0.39, 0.29) is 0 Å². The Morgan fingerprint density at radius 3 is 1.48 bits per heavy atom. The van der Waals surface area contributed by atoms with Crippen molar-refractivity contribution in [2.24, 2.45) is 0 Å². The van der Waals surface area contributed by atoms with E-state index in [1.807, 2.05) is 72.8 Å². The fraction of sp³-hybridized carbons (Fsp3) is 0. The lowest BCUT2D eigenvalue weighted by molar-refractivity contribution is 0.670. The van der Waals surface area contributed by atoms with Gasteiger partial charge < -0.3 is 18.0 Å². The van der Waals surface area contributed by atoms with Crippen LogP contribution in [0.1, 0.15) is 5.56 Å². The molecule has 7 aromatic carbocycles. The Bertz CT molecular complexity index is 3130. The Morgan fingerprint density at radius 1 is 0.500 bits per heavy atom. The predicted octanol–water partition coefficient (Wildman–Crippen LogP) is 12.1. The molecule has 0 spiro atoms. The summed E-state index contributed by atoms with van der Waals surface area (Å²) < 4.78 is 17.3. The van der Waals surface area contributed by atoms with Crippen LogP contribution < -0.4 is 0 Å². The lowest BCUT2D eigenvalue weighted by atomic mass is 10.1. The number of furan rings is 2. The van der Waals surface area contributed by atoms with Crippen molar-refractivity contribution in [2.45, 2.75) is 0 Å². The van der Waals surface area contributed by atoms with Crippen molar-refractivity contribution in [1.29, 1.82) is 5.26 Å². The maximum atomic E-state index is 10.9. The van der Waals surface area contributed by atoms with Gasteiger partial charge in [-0.05, 0) is 48.5 Å². The van der Waals surface area contributed by atoms with Gasteiger partial charge in [0.2, 0.25) is 5.69 Å². The predicted molar refractivity (Wildman–Crippen MR) is 201 cm³/mol. The number of benzene rings is 7. The maximum absolute atomic E-state index is 10.9. The van der Waals surface area contributed by atoms with Crippen LogP contribution in [0.25, 0.3) is 104 Å². The number of nitriles is 1. The summed E-state index contributed by atoms with van der Waals surface area (Å²) in [4.78, 5) is 4.12. The van der Waals surface area contributed by atoms with E-state index in [1.54, 1.807) is 0 Å². The van der Waals surface area contributed by atoms with Crippen molar-refractivity contribution < 1.29 is 8.83 Å². The van der Waals surface area contributed by atoms with Gasteiger partial charge in [0.25, 0.3) is 0 Å². The number of para-hydroxylation sites is 4. The fourth-order valence-electron chi connectivity index (χ4n) is 8.07. The summed E-state index contributed by atoms with van der Waals surface area (Å²) >= 11 is 0. The van der Waals surface area contributed by atoms with E-state index >= 15 is 0 Å². The molecular formula is C44H22N4O2. The van der Waals surface area contributed by atoms with Crippen molar-refractivity contribution in [3.8, 4) is 17.4 Å². The molecule has 0 atom stereocenters. The van der Waals surface area contributed by atoms with Gasteiger partial charge in [-0.25, -0.2) is 4.85 Å². The van der Waals surface area contributed by atoms with E-state index < -0.39 is 0 Å². The molecular weight excluding hydrogens is 617 g/mol. The quantitative estimate of drug-likeness (QED) is 0.177. The summed E-state index contributed by atoms with van der Waals surface area (Å²) in [6.07, 6.45) is 0. The van der Waals surface area contributed by atoms with Crippen molar-refractivity contribution in [3.63, 3.8) is 0 Å². The van der Waals surface area contributed by atoms with Crippen LogP contribution in [0.2, 0.25) is 0 Å². The molecule has 0 fully saturated rings. The highest BCUT2D eigenvalue weighted by molar-refractivity contribution is 6.23. The molecule has 0 bridgehead atoms. The molecule has 0 aliphatic rings. The van der Waals surface area contributed by atoms with Crippen LogP contribution in [0.15, 0.2) is 142 Å². The topological polar surface area (TPSA) is 64.3 Å². The molecule has 11 rings (SSSR count). The first kappa shape index (κ1) is 26.8. The van der Waals surface area contributed by atoms with Crippen LogP contribution in [0, 0.1) is 17.9 Å². The molecule has 4 heterocycles. The molecule has 4 aromatic heterocycles. The minimum atomic E-state index is 0.414. The SMILES string of the molecule is [C-]#[N+]c1cc(-n2c3ccccc3c3ccc4c5ccccc5oc4c32)c(C#N)cc1-n1c2ccccc2c2ccc3c4ccccc4oc3c21. The second-order valence-corrected chi connectivity index (χ2v) is 12.7. The molecule has 0 saturated carbocycles. The third-order valence-electron chi connectivity index (χ3n) is 10.2. The zero-order valence-electron chi connectivity index (χ0n) is 26.3. The lowest BCUT2D eigenvalue weighted by Gasteiger charge is -2.16. The first-order valence-corrected chi connectivity index (χ1v) is 16.4. The van der Waals surface area contributed by atoms with E-state index in [1.165, 1.54) is 0 Å². The smallest absolute Gasteiger partial charge is 0.212 e. The molecule has 6 heteroatoms. The fourth-order valence-corrected chi connectivity index (χ4v) is 8.07. The van der Waals surface area contributed by atoms with Gasteiger partial charge >= 0.3 is 0 Å². The van der Waals surface area contributed by atoms with E-state index in [9.17, 15) is 5.26 Å². The molecule has 0 radical (unpaired) electrons. The number of hydrogen-bond acceptors (Lipinski definition) is 3. The first-order valence-electron chi connectivity index (χ1n) is 16.4. The molecule has 0 saturated heterocycles. The number of nitrogens with zero attached hydrogens (tertiary/aromatic N) is 4. The summed E-state index contributed by atoms with van der Waals surface area (Å²) in [6.45, 7) is 8.51. The Balaban J connectivity index is 1.28. The first-order chi connectivity index (χ1) is 24.7. The highest BCUT2D eigenvalue weighted by Crippen LogP contribution is 2.45. The van der Waals surface area contributed by atoms with Gasteiger partial charge in [0.1, 0.15) is 17.2 Å². The number of aromatic nitrogens is 2. The Hall–Kier alpha value is -7.28. The molecule has 50 heavy (non-hydrogen) atoms. The van der Waals surface area contributed by atoms with Gasteiger partial charge in [0.05, 0.1) is 45.6 Å². The van der Waals surface area contributed by atoms with E-state index in [0.29, 0.717) is 22.6 Å². The van der Waals surface area contributed by atoms with E-state index in [0.717, 1.165) is 87.5 Å². The van der Waals surface area contributed by atoms with Crippen LogP contribution in [0.4, 0.5) is 5.69 Å². The monoisotopic (exact) mass is 638 g/mol. The largest absolute Gasteiger partial charge is 0.454 e. The van der Waals surface area contributed by atoms with Crippen molar-refractivity contribution in [3.05, 3.63) is 150 Å². The summed E-state index contributed by atoms with van der Waals surface area (Å²) in [7, 11) is 0. The second-order valence-electron chi connectivity index (χ2n) is 12.7. The number of rotatable bonds is 2. The van der Waals surface area contributed by atoms with Gasteiger partial charge in [-0.1, -0.05) is 84.9 Å². The Kier molecular flexibility index (Phi) is 5.16. The summed E-state index contributed by atoms with van der Waals surface area (Å²) in [6, 6.07) is 47.1.